The number of nitrogens with zero attached hydrogens (tertiary/aromatic N) is 4. The van der Waals surface area contributed by atoms with E-state index in [0.29, 0.717) is 39.2 Å². The van der Waals surface area contributed by atoms with Crippen molar-refractivity contribution in [2.24, 2.45) is 5.41 Å². The molecule has 25 heavy (non-hydrogen) atoms. The summed E-state index contributed by atoms with van der Waals surface area (Å²) in [6.07, 6.45) is -1.16. The molecule has 0 unspecified atom stereocenters. The van der Waals surface area contributed by atoms with Crippen molar-refractivity contribution in [1.29, 1.82) is 0 Å². The standard InChI is InChI=1S/C16H21F3N4O2/c1-25-10-9-22-7-2-4-15(13(22)24)5-8-23(11-15)14-20-6-3-12(21-14)16(17,18)19/h3,6H,2,4-5,7-11H2,1H3/t15-/m1/s1. The molecule has 1 aromatic heterocycles. The Balaban J connectivity index is 1.75. The Kier molecular flexibility index (Phi) is 4.86. The van der Waals surface area contributed by atoms with Crippen LogP contribution < -0.4 is 4.90 Å². The van der Waals surface area contributed by atoms with Gasteiger partial charge in [-0.05, 0) is 25.3 Å². The van der Waals surface area contributed by atoms with Crippen molar-refractivity contribution >= 4 is 11.9 Å². The van der Waals surface area contributed by atoms with Crippen molar-refractivity contribution in [2.45, 2.75) is 25.4 Å². The van der Waals surface area contributed by atoms with Crippen molar-refractivity contribution in [1.82, 2.24) is 14.9 Å². The van der Waals surface area contributed by atoms with E-state index in [-0.39, 0.29) is 11.9 Å². The molecule has 2 aliphatic rings. The third-order valence-corrected chi connectivity index (χ3v) is 4.96. The summed E-state index contributed by atoms with van der Waals surface area (Å²) in [6, 6.07) is 0.855. The third-order valence-electron chi connectivity index (χ3n) is 4.96. The molecule has 2 saturated heterocycles. The first-order valence-electron chi connectivity index (χ1n) is 8.29. The SMILES string of the molecule is COCCN1CCC[C@]2(CCN(c3nccc(C(F)(F)F)n3)C2)C1=O. The number of halogens is 3. The summed E-state index contributed by atoms with van der Waals surface area (Å²) in [4.78, 5) is 24.0. The molecule has 2 fully saturated rings. The minimum absolute atomic E-state index is 0.0357. The van der Waals surface area contributed by atoms with Gasteiger partial charge in [-0.2, -0.15) is 13.2 Å². The van der Waals surface area contributed by atoms with Crippen LogP contribution >= 0.6 is 0 Å². The molecule has 0 aromatic carbocycles. The van der Waals surface area contributed by atoms with Crippen LogP contribution in [-0.4, -0.2) is 60.7 Å². The lowest BCUT2D eigenvalue weighted by molar-refractivity contribution is -0.145. The Labute approximate surface area is 144 Å². The second kappa shape index (κ2) is 6.78. The third kappa shape index (κ3) is 3.56. The molecule has 0 bridgehead atoms. The van der Waals surface area contributed by atoms with Crippen LogP contribution in [0.4, 0.5) is 19.1 Å². The Morgan fingerprint density at radius 3 is 2.84 bits per heavy atom. The first-order valence-corrected chi connectivity index (χ1v) is 8.29. The minimum Gasteiger partial charge on any atom is -0.383 e. The van der Waals surface area contributed by atoms with Crippen LogP contribution in [-0.2, 0) is 15.7 Å². The fourth-order valence-electron chi connectivity index (χ4n) is 3.65. The number of ether oxygens (including phenoxy) is 1. The summed E-state index contributed by atoms with van der Waals surface area (Å²) in [5, 5.41) is 0. The number of rotatable bonds is 4. The van der Waals surface area contributed by atoms with Crippen molar-refractivity contribution in [3.8, 4) is 0 Å². The first kappa shape index (κ1) is 17.9. The van der Waals surface area contributed by atoms with Gasteiger partial charge in [0.2, 0.25) is 11.9 Å². The summed E-state index contributed by atoms with van der Waals surface area (Å²) in [7, 11) is 1.59. The fraction of sp³-hybridized carbons (Fsp3) is 0.688. The highest BCUT2D eigenvalue weighted by Gasteiger charge is 2.49. The van der Waals surface area contributed by atoms with Crippen LogP contribution in [0.2, 0.25) is 0 Å². The maximum absolute atomic E-state index is 12.9. The molecule has 0 saturated carbocycles. The smallest absolute Gasteiger partial charge is 0.383 e. The van der Waals surface area contributed by atoms with Crippen LogP contribution in [0, 0.1) is 5.41 Å². The maximum atomic E-state index is 12.9. The zero-order valence-electron chi connectivity index (χ0n) is 14.1. The molecular weight excluding hydrogens is 337 g/mol. The number of likely N-dealkylation sites (tertiary alicyclic amines) is 1. The molecule has 1 spiro atoms. The van der Waals surface area contributed by atoms with Gasteiger partial charge in [-0.3, -0.25) is 4.79 Å². The van der Waals surface area contributed by atoms with E-state index in [4.69, 9.17) is 4.74 Å². The quantitative estimate of drug-likeness (QED) is 0.824. The van der Waals surface area contributed by atoms with Crippen LogP contribution in [0.3, 0.4) is 0 Å². The van der Waals surface area contributed by atoms with E-state index in [1.807, 2.05) is 0 Å². The molecule has 9 heteroatoms. The normalized spacial score (nSPS) is 24.4. The number of aromatic nitrogens is 2. The highest BCUT2D eigenvalue weighted by atomic mass is 19.4. The van der Waals surface area contributed by atoms with E-state index < -0.39 is 17.3 Å². The Hall–Kier alpha value is -1.90. The first-order chi connectivity index (χ1) is 11.9. The average molecular weight is 358 g/mol. The van der Waals surface area contributed by atoms with E-state index in [1.54, 1.807) is 16.9 Å². The van der Waals surface area contributed by atoms with Gasteiger partial charge in [-0.25, -0.2) is 9.97 Å². The Morgan fingerprint density at radius 1 is 1.32 bits per heavy atom. The predicted molar refractivity (Wildman–Crippen MR) is 84.0 cm³/mol. The molecule has 6 nitrogen and oxygen atoms in total. The number of hydrogen-bond donors (Lipinski definition) is 0. The minimum atomic E-state index is -4.51. The van der Waals surface area contributed by atoms with Gasteiger partial charge in [-0.1, -0.05) is 0 Å². The average Bonchev–Trinajstić information content (AvgIpc) is 3.01. The maximum Gasteiger partial charge on any atom is 0.433 e. The second-order valence-electron chi connectivity index (χ2n) is 6.58. The summed E-state index contributed by atoms with van der Waals surface area (Å²) < 4.78 is 43.6. The molecule has 3 heterocycles. The number of piperidine rings is 1. The molecule has 1 aromatic rings. The zero-order chi connectivity index (χ0) is 18.1. The van der Waals surface area contributed by atoms with Gasteiger partial charge < -0.3 is 14.5 Å². The lowest BCUT2D eigenvalue weighted by Gasteiger charge is -2.39. The fourth-order valence-corrected chi connectivity index (χ4v) is 3.65. The van der Waals surface area contributed by atoms with Gasteiger partial charge >= 0.3 is 6.18 Å². The molecular formula is C16H21F3N4O2. The number of hydrogen-bond acceptors (Lipinski definition) is 5. The van der Waals surface area contributed by atoms with Crippen molar-refractivity contribution < 1.29 is 22.7 Å². The summed E-state index contributed by atoms with van der Waals surface area (Å²) in [6.45, 7) is 2.55. The number of carbonyl (C=O) groups excluding carboxylic acids is 1. The molecule has 1 atom stereocenters. The Bertz CT molecular complexity index is 640. The molecule has 1 amide bonds. The molecule has 3 rings (SSSR count). The largest absolute Gasteiger partial charge is 0.433 e. The van der Waals surface area contributed by atoms with Crippen molar-refractivity contribution in [3.63, 3.8) is 0 Å². The Morgan fingerprint density at radius 2 is 2.12 bits per heavy atom. The predicted octanol–water partition coefficient (Wildman–Crippen LogP) is 1.96. The lowest BCUT2D eigenvalue weighted by atomic mass is 9.78. The number of methoxy groups -OCH3 is 1. The number of anilines is 1. The van der Waals surface area contributed by atoms with Crippen molar-refractivity contribution in [3.05, 3.63) is 18.0 Å². The van der Waals surface area contributed by atoms with Gasteiger partial charge in [0.15, 0.2) is 0 Å². The van der Waals surface area contributed by atoms with Crippen LogP contribution in [0.25, 0.3) is 0 Å². The number of alkyl halides is 3. The van der Waals surface area contributed by atoms with E-state index in [9.17, 15) is 18.0 Å². The van der Waals surface area contributed by atoms with Gasteiger partial charge in [0.05, 0.1) is 12.0 Å². The summed E-state index contributed by atoms with van der Waals surface area (Å²) >= 11 is 0. The van der Waals surface area contributed by atoms with Crippen LogP contribution in [0.1, 0.15) is 25.0 Å². The number of carbonyl (C=O) groups is 1. The lowest BCUT2D eigenvalue weighted by Crippen LogP contribution is -2.51. The molecule has 0 radical (unpaired) electrons. The van der Waals surface area contributed by atoms with Gasteiger partial charge in [0, 0.05) is 39.5 Å². The molecule has 0 aliphatic carbocycles. The molecule has 0 N–H and O–H groups in total. The van der Waals surface area contributed by atoms with Crippen LogP contribution in [0.15, 0.2) is 12.3 Å². The van der Waals surface area contributed by atoms with E-state index in [0.717, 1.165) is 25.1 Å². The van der Waals surface area contributed by atoms with Gasteiger partial charge in [0.25, 0.3) is 0 Å². The summed E-state index contributed by atoms with van der Waals surface area (Å²) in [5.74, 6) is 0.0961. The molecule has 2 aliphatic heterocycles. The topological polar surface area (TPSA) is 58.6 Å². The van der Waals surface area contributed by atoms with Crippen molar-refractivity contribution in [2.75, 3.05) is 44.8 Å². The van der Waals surface area contributed by atoms with E-state index >= 15 is 0 Å². The van der Waals surface area contributed by atoms with E-state index in [1.165, 1.54) is 0 Å². The second-order valence-corrected chi connectivity index (χ2v) is 6.58. The highest BCUT2D eigenvalue weighted by Crippen LogP contribution is 2.41. The van der Waals surface area contributed by atoms with E-state index in [2.05, 4.69) is 9.97 Å². The zero-order valence-corrected chi connectivity index (χ0v) is 14.1. The number of amides is 1. The summed E-state index contributed by atoms with van der Waals surface area (Å²) in [5.41, 5.74) is -1.51. The van der Waals surface area contributed by atoms with Crippen LogP contribution in [0.5, 0.6) is 0 Å². The van der Waals surface area contributed by atoms with Gasteiger partial charge in [0.1, 0.15) is 5.69 Å². The highest BCUT2D eigenvalue weighted by molar-refractivity contribution is 5.85. The monoisotopic (exact) mass is 358 g/mol. The molecule has 138 valence electrons. The van der Waals surface area contributed by atoms with Gasteiger partial charge in [-0.15, -0.1) is 0 Å².